The van der Waals surface area contributed by atoms with Gasteiger partial charge >= 0.3 is 0 Å². The minimum Gasteiger partial charge on any atom is -0.490 e. The number of benzene rings is 1. The van der Waals surface area contributed by atoms with E-state index in [4.69, 9.17) is 9.47 Å². The second-order valence-corrected chi connectivity index (χ2v) is 5.68. The predicted molar refractivity (Wildman–Crippen MR) is 86.2 cm³/mol. The van der Waals surface area contributed by atoms with Crippen LogP contribution in [0.4, 0.5) is 17.6 Å². The lowest BCUT2D eigenvalue weighted by atomic mass is 10.2. The van der Waals surface area contributed by atoms with Crippen molar-refractivity contribution in [3.8, 4) is 11.5 Å². The van der Waals surface area contributed by atoms with Crippen molar-refractivity contribution in [1.29, 1.82) is 0 Å². The van der Waals surface area contributed by atoms with Crippen molar-refractivity contribution in [3.05, 3.63) is 23.8 Å². The third-order valence-corrected chi connectivity index (χ3v) is 3.74. The molecule has 2 nitrogen and oxygen atoms in total. The van der Waals surface area contributed by atoms with Crippen molar-refractivity contribution in [3.63, 3.8) is 0 Å². The molecule has 0 aliphatic heterocycles. The molecule has 0 aliphatic carbocycles. The molecule has 0 saturated carbocycles. The van der Waals surface area contributed by atoms with E-state index in [1.54, 1.807) is 13.8 Å². The summed E-state index contributed by atoms with van der Waals surface area (Å²) < 4.78 is 64.2. The third-order valence-electron chi connectivity index (χ3n) is 3.74. The van der Waals surface area contributed by atoms with E-state index in [2.05, 4.69) is 0 Å². The molecule has 24 heavy (non-hydrogen) atoms. The van der Waals surface area contributed by atoms with Gasteiger partial charge in [0.1, 0.15) is 0 Å². The van der Waals surface area contributed by atoms with Crippen LogP contribution in [0.25, 0.3) is 0 Å². The fraction of sp³-hybridized carbons (Fsp3) is 0.667. The van der Waals surface area contributed by atoms with Crippen LogP contribution in [-0.4, -0.2) is 25.6 Å². The lowest BCUT2D eigenvalue weighted by Crippen LogP contribution is -2.07. The first-order chi connectivity index (χ1) is 11.5. The van der Waals surface area contributed by atoms with Crippen LogP contribution in [0.3, 0.4) is 0 Å². The molecular formula is C18H26F4O2. The maximum Gasteiger partial charge on any atom is 0.204 e. The molecule has 1 aromatic carbocycles. The van der Waals surface area contributed by atoms with Gasteiger partial charge in [0.25, 0.3) is 0 Å². The zero-order valence-electron chi connectivity index (χ0n) is 14.3. The largest absolute Gasteiger partial charge is 0.490 e. The normalized spacial score (nSPS) is 13.6. The maximum absolute atomic E-state index is 13.9. The topological polar surface area (TPSA) is 18.5 Å². The molecule has 0 amide bonds. The molecule has 0 fully saturated rings. The van der Waals surface area contributed by atoms with Gasteiger partial charge in [-0.3, -0.25) is 0 Å². The molecule has 0 heterocycles. The maximum atomic E-state index is 13.9. The standard InChI is InChI=1S/C18H26F4O2/c1-3-13(19)7-5-11-23-15-9-10-16(18(22)17(15)21)24-12-6-8-14(20)4-2/h9-10,13-14H,3-8,11-12H2,1-2H3. The Kier molecular flexibility index (Phi) is 9.57. The highest BCUT2D eigenvalue weighted by Gasteiger charge is 2.16. The number of ether oxygens (including phenoxy) is 2. The molecule has 0 aromatic heterocycles. The quantitative estimate of drug-likeness (QED) is 0.351. The molecule has 0 saturated heterocycles. The van der Waals surface area contributed by atoms with Gasteiger partial charge in [-0.2, -0.15) is 8.78 Å². The number of hydrogen-bond acceptors (Lipinski definition) is 2. The van der Waals surface area contributed by atoms with Gasteiger partial charge in [-0.25, -0.2) is 8.78 Å². The Morgan fingerprint density at radius 3 is 1.50 bits per heavy atom. The van der Waals surface area contributed by atoms with E-state index in [1.807, 2.05) is 0 Å². The van der Waals surface area contributed by atoms with Crippen LogP contribution in [0, 0.1) is 11.6 Å². The van der Waals surface area contributed by atoms with Gasteiger partial charge in [-0.05, 0) is 50.7 Å². The van der Waals surface area contributed by atoms with E-state index in [0.29, 0.717) is 38.5 Å². The first-order valence-electron chi connectivity index (χ1n) is 8.51. The van der Waals surface area contributed by atoms with Crippen LogP contribution in [0.2, 0.25) is 0 Å². The van der Waals surface area contributed by atoms with Crippen LogP contribution in [0.1, 0.15) is 52.4 Å². The van der Waals surface area contributed by atoms with Crippen LogP contribution >= 0.6 is 0 Å². The number of alkyl halides is 2. The van der Waals surface area contributed by atoms with Crippen molar-refractivity contribution < 1.29 is 27.0 Å². The zero-order valence-corrected chi connectivity index (χ0v) is 14.3. The van der Waals surface area contributed by atoms with Crippen LogP contribution < -0.4 is 9.47 Å². The average Bonchev–Trinajstić information content (AvgIpc) is 2.59. The van der Waals surface area contributed by atoms with Crippen LogP contribution in [0.5, 0.6) is 11.5 Å². The summed E-state index contributed by atoms with van der Waals surface area (Å²) in [5.41, 5.74) is 0. The zero-order chi connectivity index (χ0) is 17.9. The summed E-state index contributed by atoms with van der Waals surface area (Å²) in [6.07, 6.45) is 0.564. The molecule has 0 spiro atoms. The summed E-state index contributed by atoms with van der Waals surface area (Å²) in [6.45, 7) is 3.72. The van der Waals surface area contributed by atoms with E-state index >= 15 is 0 Å². The second kappa shape index (κ2) is 11.2. The summed E-state index contributed by atoms with van der Waals surface area (Å²) in [4.78, 5) is 0. The van der Waals surface area contributed by atoms with Gasteiger partial charge < -0.3 is 9.47 Å². The molecule has 1 rings (SSSR count). The summed E-state index contributed by atoms with van der Waals surface area (Å²) in [7, 11) is 0. The monoisotopic (exact) mass is 350 g/mol. The minimum absolute atomic E-state index is 0.117. The third kappa shape index (κ3) is 6.97. The fourth-order valence-corrected chi connectivity index (χ4v) is 2.12. The number of rotatable bonds is 12. The van der Waals surface area contributed by atoms with Crippen LogP contribution in [0.15, 0.2) is 12.1 Å². The summed E-state index contributed by atoms with van der Waals surface area (Å²) in [5, 5.41) is 0. The number of hydrogen-bond donors (Lipinski definition) is 0. The molecule has 0 radical (unpaired) electrons. The van der Waals surface area contributed by atoms with E-state index in [0.717, 1.165) is 0 Å². The second-order valence-electron chi connectivity index (χ2n) is 5.68. The highest BCUT2D eigenvalue weighted by atomic mass is 19.2. The molecule has 0 N–H and O–H groups in total. The Labute approximate surface area is 141 Å². The van der Waals surface area contributed by atoms with Gasteiger partial charge in [-0.15, -0.1) is 0 Å². The molecule has 2 atom stereocenters. The first-order valence-corrected chi connectivity index (χ1v) is 8.51. The van der Waals surface area contributed by atoms with E-state index in [9.17, 15) is 17.6 Å². The summed E-state index contributed by atoms with van der Waals surface area (Å²) in [5.74, 6) is -2.70. The van der Waals surface area contributed by atoms with Crippen molar-refractivity contribution in [1.82, 2.24) is 0 Å². The van der Waals surface area contributed by atoms with E-state index in [-0.39, 0.29) is 24.7 Å². The van der Waals surface area contributed by atoms with E-state index < -0.39 is 24.0 Å². The summed E-state index contributed by atoms with van der Waals surface area (Å²) in [6, 6.07) is 2.56. The Morgan fingerprint density at radius 2 is 1.17 bits per heavy atom. The van der Waals surface area contributed by atoms with Gasteiger partial charge in [0, 0.05) is 0 Å². The average molecular weight is 350 g/mol. The Hall–Kier alpha value is -1.46. The molecule has 2 unspecified atom stereocenters. The molecule has 138 valence electrons. The van der Waals surface area contributed by atoms with Gasteiger partial charge in [-0.1, -0.05) is 13.8 Å². The van der Waals surface area contributed by atoms with Crippen LogP contribution in [-0.2, 0) is 0 Å². The Bertz CT molecular complexity index is 439. The smallest absolute Gasteiger partial charge is 0.204 e. The molecular weight excluding hydrogens is 324 g/mol. The molecule has 0 aliphatic rings. The minimum atomic E-state index is -1.13. The van der Waals surface area contributed by atoms with Crippen molar-refractivity contribution >= 4 is 0 Å². The summed E-state index contributed by atoms with van der Waals surface area (Å²) >= 11 is 0. The first kappa shape index (κ1) is 20.6. The molecule has 1 aromatic rings. The van der Waals surface area contributed by atoms with Crippen molar-refractivity contribution in [2.24, 2.45) is 0 Å². The number of halogens is 4. The Morgan fingerprint density at radius 1 is 0.792 bits per heavy atom. The van der Waals surface area contributed by atoms with Gasteiger partial charge in [0.05, 0.1) is 25.6 Å². The van der Waals surface area contributed by atoms with Crippen molar-refractivity contribution in [2.75, 3.05) is 13.2 Å². The lowest BCUT2D eigenvalue weighted by molar-refractivity contribution is 0.237. The van der Waals surface area contributed by atoms with Crippen molar-refractivity contribution in [2.45, 2.75) is 64.7 Å². The van der Waals surface area contributed by atoms with Gasteiger partial charge in [0.15, 0.2) is 11.5 Å². The molecule has 0 bridgehead atoms. The highest BCUT2D eigenvalue weighted by molar-refractivity contribution is 5.35. The van der Waals surface area contributed by atoms with E-state index in [1.165, 1.54) is 12.1 Å². The lowest BCUT2D eigenvalue weighted by Gasteiger charge is -2.12. The molecule has 6 heteroatoms. The predicted octanol–water partition coefficient (Wildman–Crippen LogP) is 5.78. The Balaban J connectivity index is 2.44. The van der Waals surface area contributed by atoms with Gasteiger partial charge in [0.2, 0.25) is 11.6 Å². The fourth-order valence-electron chi connectivity index (χ4n) is 2.12. The SMILES string of the molecule is CCC(F)CCCOc1ccc(OCCCC(F)CC)c(F)c1F. The highest BCUT2D eigenvalue weighted by Crippen LogP contribution is 2.28.